The number of nitrogens with one attached hydrogen (secondary N) is 1. The summed E-state index contributed by atoms with van der Waals surface area (Å²) < 4.78 is 38.8. The average molecular weight is 308 g/mol. The number of benzene rings is 1. The number of hydrogen-bond donors (Lipinski definition) is 2. The molecule has 2 N–H and O–H groups in total. The Hall–Kier alpha value is -0.940. The molecule has 1 fully saturated rings. The van der Waals surface area contributed by atoms with Gasteiger partial charge in [0.15, 0.2) is 0 Å². The van der Waals surface area contributed by atoms with Gasteiger partial charge in [0, 0.05) is 6.54 Å². The van der Waals surface area contributed by atoms with Crippen LogP contribution in [-0.4, -0.2) is 17.3 Å². The minimum Gasteiger partial charge on any atom is -0.388 e. The molecule has 0 bridgehead atoms. The first-order valence-electron chi connectivity index (χ1n) is 6.64. The summed E-state index contributed by atoms with van der Waals surface area (Å²) in [6.07, 6.45) is -0.415. The molecule has 0 heterocycles. The van der Waals surface area contributed by atoms with E-state index in [4.69, 9.17) is 11.6 Å². The number of para-hydroxylation sites is 1. The summed E-state index contributed by atoms with van der Waals surface area (Å²) in [5.41, 5.74) is -1.90. The van der Waals surface area contributed by atoms with Crippen molar-refractivity contribution in [2.75, 3.05) is 11.9 Å². The first kappa shape index (κ1) is 15.4. The van der Waals surface area contributed by atoms with Crippen molar-refractivity contribution in [1.82, 2.24) is 0 Å². The maximum Gasteiger partial charge on any atom is 0.418 e. The summed E-state index contributed by atoms with van der Waals surface area (Å²) in [5.74, 6) is 0. The van der Waals surface area contributed by atoms with Crippen LogP contribution in [0.5, 0.6) is 0 Å². The topological polar surface area (TPSA) is 32.3 Å². The second-order valence-corrected chi connectivity index (χ2v) is 5.71. The molecule has 2 nitrogen and oxygen atoms in total. The van der Waals surface area contributed by atoms with Crippen molar-refractivity contribution in [3.05, 3.63) is 28.8 Å². The van der Waals surface area contributed by atoms with Crippen molar-refractivity contribution in [3.63, 3.8) is 0 Å². The average Bonchev–Trinajstić information content (AvgIpc) is 2.37. The van der Waals surface area contributed by atoms with Gasteiger partial charge in [-0.1, -0.05) is 36.9 Å². The maximum absolute atomic E-state index is 12.9. The summed E-state index contributed by atoms with van der Waals surface area (Å²) in [7, 11) is 0. The first-order valence-corrected chi connectivity index (χ1v) is 7.02. The van der Waals surface area contributed by atoms with Crippen molar-refractivity contribution in [2.45, 2.75) is 43.9 Å². The second-order valence-electron chi connectivity index (χ2n) is 5.30. The molecule has 1 saturated carbocycles. The molecule has 1 aliphatic rings. The van der Waals surface area contributed by atoms with Crippen LogP contribution in [0.15, 0.2) is 18.2 Å². The number of rotatable bonds is 3. The monoisotopic (exact) mass is 307 g/mol. The zero-order valence-corrected chi connectivity index (χ0v) is 11.7. The second kappa shape index (κ2) is 5.82. The molecule has 0 aliphatic heterocycles. The zero-order valence-electron chi connectivity index (χ0n) is 10.9. The van der Waals surface area contributed by atoms with Gasteiger partial charge in [0.05, 0.1) is 21.9 Å². The molecule has 0 amide bonds. The van der Waals surface area contributed by atoms with Crippen molar-refractivity contribution in [2.24, 2.45) is 0 Å². The van der Waals surface area contributed by atoms with Crippen molar-refractivity contribution in [3.8, 4) is 0 Å². The lowest BCUT2D eigenvalue weighted by atomic mass is 9.85. The highest BCUT2D eigenvalue weighted by Gasteiger charge is 2.35. The maximum atomic E-state index is 12.9. The predicted octanol–water partition coefficient (Wildman–Crippen LogP) is 4.47. The molecule has 1 aromatic carbocycles. The van der Waals surface area contributed by atoms with Crippen LogP contribution in [0.3, 0.4) is 0 Å². The van der Waals surface area contributed by atoms with E-state index < -0.39 is 17.3 Å². The van der Waals surface area contributed by atoms with Crippen molar-refractivity contribution >= 4 is 17.3 Å². The van der Waals surface area contributed by atoms with E-state index >= 15 is 0 Å². The molecule has 112 valence electrons. The SMILES string of the molecule is OC1(CNc2c(Cl)cccc2C(F)(F)F)CCCCC1. The Morgan fingerprint density at radius 3 is 2.45 bits per heavy atom. The third-order valence-corrected chi connectivity index (χ3v) is 4.01. The Bertz CT molecular complexity index is 470. The van der Waals surface area contributed by atoms with Gasteiger partial charge in [-0.2, -0.15) is 13.2 Å². The molecule has 0 unspecified atom stereocenters. The summed E-state index contributed by atoms with van der Waals surface area (Å²) in [6.45, 7) is 0.0831. The quantitative estimate of drug-likeness (QED) is 0.863. The molecule has 20 heavy (non-hydrogen) atoms. The van der Waals surface area contributed by atoms with Gasteiger partial charge in [-0.25, -0.2) is 0 Å². The molecule has 1 aliphatic carbocycles. The molecule has 0 atom stereocenters. The summed E-state index contributed by atoms with van der Waals surface area (Å²) in [5, 5.41) is 13.0. The van der Waals surface area contributed by atoms with Gasteiger partial charge < -0.3 is 10.4 Å². The van der Waals surface area contributed by atoms with E-state index in [1.54, 1.807) is 0 Å². The minimum atomic E-state index is -4.47. The van der Waals surface area contributed by atoms with Crippen LogP contribution in [0.25, 0.3) is 0 Å². The molecule has 0 radical (unpaired) electrons. The lowest BCUT2D eigenvalue weighted by Gasteiger charge is -2.33. The van der Waals surface area contributed by atoms with Gasteiger partial charge >= 0.3 is 6.18 Å². The Morgan fingerprint density at radius 2 is 1.85 bits per heavy atom. The predicted molar refractivity (Wildman–Crippen MR) is 73.0 cm³/mol. The van der Waals surface area contributed by atoms with Crippen LogP contribution in [0.2, 0.25) is 5.02 Å². The molecule has 1 aromatic rings. The molecule has 0 saturated heterocycles. The lowest BCUT2D eigenvalue weighted by molar-refractivity contribution is -0.137. The molecule has 0 aromatic heterocycles. The summed E-state index contributed by atoms with van der Waals surface area (Å²) in [4.78, 5) is 0. The standard InChI is InChI=1S/C14H17ClF3NO/c15-11-6-4-5-10(14(16,17)18)12(11)19-9-13(20)7-2-1-3-8-13/h4-6,19-20H,1-3,7-9H2. The summed E-state index contributed by atoms with van der Waals surface area (Å²) >= 11 is 5.85. The number of halogens is 4. The molecule has 2 rings (SSSR count). The van der Waals surface area contributed by atoms with E-state index in [9.17, 15) is 18.3 Å². The number of hydrogen-bond acceptors (Lipinski definition) is 2. The Balaban J connectivity index is 2.16. The van der Waals surface area contributed by atoms with E-state index in [1.807, 2.05) is 0 Å². The third-order valence-electron chi connectivity index (χ3n) is 3.70. The minimum absolute atomic E-state index is 0.0132. The largest absolute Gasteiger partial charge is 0.418 e. The molecular formula is C14H17ClF3NO. The Labute approximate surface area is 120 Å². The van der Waals surface area contributed by atoms with E-state index in [-0.39, 0.29) is 17.3 Å². The van der Waals surface area contributed by atoms with Gasteiger partial charge in [-0.15, -0.1) is 0 Å². The van der Waals surface area contributed by atoms with Crippen LogP contribution < -0.4 is 5.32 Å². The number of aliphatic hydroxyl groups is 1. The highest BCUT2D eigenvalue weighted by atomic mass is 35.5. The Kier molecular flexibility index (Phi) is 4.49. The Morgan fingerprint density at radius 1 is 1.20 bits per heavy atom. The van der Waals surface area contributed by atoms with Crippen molar-refractivity contribution in [1.29, 1.82) is 0 Å². The highest BCUT2D eigenvalue weighted by molar-refractivity contribution is 6.33. The van der Waals surface area contributed by atoms with E-state index in [0.29, 0.717) is 12.8 Å². The van der Waals surface area contributed by atoms with Crippen molar-refractivity contribution < 1.29 is 18.3 Å². The van der Waals surface area contributed by atoms with Gasteiger partial charge in [0.1, 0.15) is 0 Å². The summed E-state index contributed by atoms with van der Waals surface area (Å²) in [6, 6.07) is 3.66. The van der Waals surface area contributed by atoms with Gasteiger partial charge in [-0.3, -0.25) is 0 Å². The van der Waals surface area contributed by atoms with Gasteiger partial charge in [0.25, 0.3) is 0 Å². The van der Waals surface area contributed by atoms with E-state index in [2.05, 4.69) is 5.32 Å². The highest BCUT2D eigenvalue weighted by Crippen LogP contribution is 2.39. The molecular weight excluding hydrogens is 291 g/mol. The lowest BCUT2D eigenvalue weighted by Crippen LogP contribution is -2.39. The fourth-order valence-electron chi connectivity index (χ4n) is 2.58. The van der Waals surface area contributed by atoms with E-state index in [0.717, 1.165) is 25.3 Å². The van der Waals surface area contributed by atoms with Gasteiger partial charge in [0.2, 0.25) is 0 Å². The van der Waals surface area contributed by atoms with Crippen LogP contribution in [-0.2, 0) is 6.18 Å². The van der Waals surface area contributed by atoms with Crippen LogP contribution in [0, 0.1) is 0 Å². The molecule has 0 spiro atoms. The van der Waals surface area contributed by atoms with Crippen LogP contribution in [0.1, 0.15) is 37.7 Å². The number of alkyl halides is 3. The van der Waals surface area contributed by atoms with E-state index in [1.165, 1.54) is 12.1 Å². The fraction of sp³-hybridized carbons (Fsp3) is 0.571. The fourth-order valence-corrected chi connectivity index (χ4v) is 2.82. The normalized spacial score (nSPS) is 18.9. The van der Waals surface area contributed by atoms with Crippen LogP contribution >= 0.6 is 11.6 Å². The first-order chi connectivity index (χ1) is 9.32. The van der Waals surface area contributed by atoms with Crippen LogP contribution in [0.4, 0.5) is 18.9 Å². The zero-order chi connectivity index (χ0) is 14.8. The smallest absolute Gasteiger partial charge is 0.388 e. The third kappa shape index (κ3) is 3.58. The number of anilines is 1. The molecule has 6 heteroatoms. The van der Waals surface area contributed by atoms with Gasteiger partial charge in [-0.05, 0) is 25.0 Å².